The molecule has 1 saturated heterocycles. The van der Waals surface area contributed by atoms with Gasteiger partial charge in [-0.25, -0.2) is 9.37 Å². The Morgan fingerprint density at radius 2 is 1.38 bits per heavy atom. The average molecular weight is 515 g/mol. The van der Waals surface area contributed by atoms with Crippen LogP contribution in [-0.4, -0.2) is 69.6 Å². The van der Waals surface area contributed by atoms with Crippen molar-refractivity contribution in [2.75, 3.05) is 20.6 Å². The number of likely N-dealkylation sites (N-methyl/N-ethyl adjacent to an activating group) is 2. The Balaban J connectivity index is 1.54. The van der Waals surface area contributed by atoms with Crippen molar-refractivity contribution in [1.82, 2.24) is 14.7 Å². The van der Waals surface area contributed by atoms with Gasteiger partial charge in [0, 0.05) is 37.8 Å². The zero-order valence-electron chi connectivity index (χ0n) is 20.9. The molecule has 0 radical (unpaired) electrons. The second-order valence-corrected chi connectivity index (χ2v) is 9.77. The Bertz CT molecular complexity index is 1330. The summed E-state index contributed by atoms with van der Waals surface area (Å²) in [5.74, 6) is 0.895. The zero-order chi connectivity index (χ0) is 25.9. The van der Waals surface area contributed by atoms with Crippen LogP contribution in [0.25, 0.3) is 0 Å². The lowest BCUT2D eigenvalue weighted by Gasteiger charge is -2.30. The van der Waals surface area contributed by atoms with Crippen LogP contribution in [0.2, 0.25) is 5.02 Å². The first-order chi connectivity index (χ1) is 17.9. The molecule has 0 spiro atoms. The molecule has 2 heterocycles. The first kappa shape index (κ1) is 24.9. The van der Waals surface area contributed by atoms with Crippen molar-refractivity contribution < 1.29 is 14.2 Å². The minimum atomic E-state index is -0.686. The normalized spacial score (nSPS) is 17.5. The zero-order valence-corrected chi connectivity index (χ0v) is 21.7. The molecule has 7 nitrogen and oxygen atoms in total. The molecule has 0 aromatic heterocycles. The van der Waals surface area contributed by atoms with E-state index >= 15 is 0 Å². The average Bonchev–Trinajstić information content (AvgIpc) is 3.26. The van der Waals surface area contributed by atoms with Gasteiger partial charge in [0.25, 0.3) is 17.8 Å². The molecule has 3 amide bonds. The molecule has 3 aromatic rings. The quantitative estimate of drug-likeness (QED) is 0.422. The summed E-state index contributed by atoms with van der Waals surface area (Å²) in [4.78, 5) is 35.9. The molecule has 8 heteroatoms. The number of amides is 3. The lowest BCUT2D eigenvalue weighted by atomic mass is 10.1. The molecule has 2 aliphatic rings. The van der Waals surface area contributed by atoms with E-state index in [1.807, 2.05) is 65.2 Å². The Morgan fingerprint density at radius 3 is 1.97 bits per heavy atom. The Kier molecular flexibility index (Phi) is 7.17. The van der Waals surface area contributed by atoms with E-state index in [0.29, 0.717) is 37.0 Å². The summed E-state index contributed by atoms with van der Waals surface area (Å²) in [6.07, 6.45) is 0. The number of nitrogens with zero attached hydrogens (tertiary/aromatic N) is 5. The van der Waals surface area contributed by atoms with Gasteiger partial charge < -0.3 is 0 Å². The van der Waals surface area contributed by atoms with Crippen molar-refractivity contribution in [3.63, 3.8) is 0 Å². The third-order valence-electron chi connectivity index (χ3n) is 6.77. The number of rotatable bonds is 8. The van der Waals surface area contributed by atoms with Gasteiger partial charge in [0.2, 0.25) is 0 Å². The lowest BCUT2D eigenvalue weighted by Crippen LogP contribution is -2.61. The van der Waals surface area contributed by atoms with Crippen LogP contribution in [-0.2, 0) is 24.4 Å². The van der Waals surface area contributed by atoms with Crippen LogP contribution in [0, 0.1) is 0 Å². The highest BCUT2D eigenvalue weighted by Gasteiger charge is 2.53. The molecule has 37 heavy (non-hydrogen) atoms. The van der Waals surface area contributed by atoms with Gasteiger partial charge in [0.1, 0.15) is 13.1 Å². The predicted octanol–water partition coefficient (Wildman–Crippen LogP) is 4.26. The van der Waals surface area contributed by atoms with E-state index in [1.165, 1.54) is 23.1 Å². The number of urea groups is 1. The SMILES string of the molecule is CN1C(=O)C2C(=NC(CN(Cc3ccccc3)Cc3ccccc3)=[N+]2Cc2ccccc2Cl)N(C)C1=O. The predicted molar refractivity (Wildman–Crippen MR) is 145 cm³/mol. The second-order valence-electron chi connectivity index (χ2n) is 9.36. The molecule has 5 rings (SSSR count). The number of amidine groups is 2. The largest absolute Gasteiger partial charge is 0.333 e. The van der Waals surface area contributed by atoms with E-state index in [1.54, 1.807) is 7.05 Å². The topological polar surface area (TPSA) is 59.2 Å². The maximum atomic E-state index is 13.4. The molecule has 1 atom stereocenters. The van der Waals surface area contributed by atoms with Gasteiger partial charge in [-0.05, 0) is 22.2 Å². The third-order valence-corrected chi connectivity index (χ3v) is 7.14. The summed E-state index contributed by atoms with van der Waals surface area (Å²) in [5.41, 5.74) is 3.26. The van der Waals surface area contributed by atoms with Gasteiger partial charge in [0.05, 0.1) is 0 Å². The minimum Gasteiger partial charge on any atom is -0.284 e. The molecular formula is C29H29ClN5O2+. The van der Waals surface area contributed by atoms with Crippen molar-refractivity contribution >= 4 is 35.2 Å². The number of halogens is 1. The molecule has 0 aliphatic carbocycles. The summed E-state index contributed by atoms with van der Waals surface area (Å²) < 4.78 is 1.99. The number of aliphatic imine (C=N–C) groups is 1. The molecule has 1 unspecified atom stereocenters. The van der Waals surface area contributed by atoms with Crippen LogP contribution in [0.3, 0.4) is 0 Å². The van der Waals surface area contributed by atoms with Crippen LogP contribution in [0.1, 0.15) is 16.7 Å². The van der Waals surface area contributed by atoms with Crippen molar-refractivity contribution in [3.05, 3.63) is 107 Å². The van der Waals surface area contributed by atoms with E-state index in [2.05, 4.69) is 29.2 Å². The van der Waals surface area contributed by atoms with E-state index in [9.17, 15) is 9.59 Å². The molecule has 0 bridgehead atoms. The fourth-order valence-electron chi connectivity index (χ4n) is 4.82. The standard InChI is InChI=1S/C29H29ClN5O2/c1-32-27-26(28(36)33(2)29(32)37)35(19-23-15-9-10-16-24(23)30)25(31-27)20-34(17-21-11-5-3-6-12-21)18-22-13-7-4-8-14-22/h3-16,26H,17-20H2,1-2H3/q+1. The highest BCUT2D eigenvalue weighted by Crippen LogP contribution is 2.24. The summed E-state index contributed by atoms with van der Waals surface area (Å²) in [5, 5.41) is 0.627. The van der Waals surface area contributed by atoms with E-state index in [-0.39, 0.29) is 11.9 Å². The molecule has 2 aliphatic heterocycles. The van der Waals surface area contributed by atoms with Gasteiger partial charge in [-0.1, -0.05) is 90.5 Å². The number of fused-ring (bicyclic) bond motifs is 1. The fraction of sp³-hybridized carbons (Fsp3) is 0.241. The van der Waals surface area contributed by atoms with Crippen LogP contribution in [0.5, 0.6) is 0 Å². The maximum Gasteiger partial charge on any atom is 0.333 e. The summed E-state index contributed by atoms with van der Waals surface area (Å²) >= 11 is 6.52. The third kappa shape index (κ3) is 5.19. The molecule has 0 N–H and O–H groups in total. The molecule has 1 fully saturated rings. The van der Waals surface area contributed by atoms with Crippen molar-refractivity contribution in [2.24, 2.45) is 4.99 Å². The molecule has 188 valence electrons. The maximum absolute atomic E-state index is 13.4. The molecular weight excluding hydrogens is 486 g/mol. The second kappa shape index (κ2) is 10.7. The molecule has 0 saturated carbocycles. The van der Waals surface area contributed by atoms with Crippen LogP contribution in [0.4, 0.5) is 4.79 Å². The van der Waals surface area contributed by atoms with Crippen molar-refractivity contribution in [2.45, 2.75) is 25.7 Å². The molecule has 3 aromatic carbocycles. The minimum absolute atomic E-state index is 0.290. The number of hydrogen-bond acceptors (Lipinski definition) is 4. The highest BCUT2D eigenvalue weighted by atomic mass is 35.5. The van der Waals surface area contributed by atoms with Gasteiger partial charge in [-0.2, -0.15) is 0 Å². The smallest absolute Gasteiger partial charge is 0.284 e. The number of carbonyl (C=O) groups is 2. The van der Waals surface area contributed by atoms with Crippen LogP contribution >= 0.6 is 11.6 Å². The summed E-state index contributed by atoms with van der Waals surface area (Å²) in [6, 6.07) is 27.1. The Morgan fingerprint density at radius 1 is 0.811 bits per heavy atom. The Hall–Kier alpha value is -3.81. The van der Waals surface area contributed by atoms with Crippen LogP contribution in [0.15, 0.2) is 89.9 Å². The van der Waals surface area contributed by atoms with Crippen molar-refractivity contribution in [3.8, 4) is 0 Å². The lowest BCUT2D eigenvalue weighted by molar-refractivity contribution is -0.552. The van der Waals surface area contributed by atoms with Crippen LogP contribution < -0.4 is 0 Å². The number of carbonyl (C=O) groups excluding carboxylic acids is 2. The van der Waals surface area contributed by atoms with Crippen molar-refractivity contribution in [1.29, 1.82) is 0 Å². The van der Waals surface area contributed by atoms with E-state index in [4.69, 9.17) is 16.6 Å². The number of hydrogen-bond donors (Lipinski definition) is 0. The van der Waals surface area contributed by atoms with E-state index in [0.717, 1.165) is 16.3 Å². The monoisotopic (exact) mass is 514 g/mol. The first-order valence-corrected chi connectivity index (χ1v) is 12.6. The van der Waals surface area contributed by atoms with Gasteiger partial charge in [-0.3, -0.25) is 19.5 Å². The van der Waals surface area contributed by atoms with E-state index < -0.39 is 6.04 Å². The van der Waals surface area contributed by atoms with Gasteiger partial charge >= 0.3 is 11.9 Å². The van der Waals surface area contributed by atoms with Gasteiger partial charge in [-0.15, -0.1) is 0 Å². The number of imide groups is 1. The highest BCUT2D eigenvalue weighted by molar-refractivity contribution is 6.31. The number of benzene rings is 3. The fourth-order valence-corrected chi connectivity index (χ4v) is 5.01. The first-order valence-electron chi connectivity index (χ1n) is 12.2. The summed E-state index contributed by atoms with van der Waals surface area (Å²) in [6.45, 7) is 2.31. The summed E-state index contributed by atoms with van der Waals surface area (Å²) in [7, 11) is 3.18. The Labute approximate surface area is 221 Å². The van der Waals surface area contributed by atoms with Gasteiger partial charge in [0.15, 0.2) is 0 Å².